The Morgan fingerprint density at radius 1 is 1.38 bits per heavy atom. The summed E-state index contributed by atoms with van der Waals surface area (Å²) in [7, 11) is 2.21. The summed E-state index contributed by atoms with van der Waals surface area (Å²) in [4.78, 5) is 2.41. The van der Waals surface area contributed by atoms with Gasteiger partial charge in [-0.2, -0.15) is 0 Å². The van der Waals surface area contributed by atoms with Crippen LogP contribution in [0.1, 0.15) is 30.0 Å². The lowest BCUT2D eigenvalue weighted by molar-refractivity contribution is 0.326. The zero-order valence-corrected chi connectivity index (χ0v) is 10.4. The lowest BCUT2D eigenvalue weighted by Crippen LogP contribution is -2.26. The zero-order valence-electron chi connectivity index (χ0n) is 10.4. The molecule has 88 valence electrons. The van der Waals surface area contributed by atoms with Crippen molar-refractivity contribution in [3.05, 3.63) is 34.9 Å². The van der Waals surface area contributed by atoms with E-state index in [2.05, 4.69) is 42.4 Å². The van der Waals surface area contributed by atoms with E-state index in [1.54, 1.807) is 5.56 Å². The molecule has 0 saturated carbocycles. The average molecular weight is 218 g/mol. The summed E-state index contributed by atoms with van der Waals surface area (Å²) in [5.41, 5.74) is 4.60. The van der Waals surface area contributed by atoms with Crippen molar-refractivity contribution in [3.63, 3.8) is 0 Å². The molecule has 0 aromatic heterocycles. The minimum absolute atomic E-state index is 1.04. The number of fused-ring (bicyclic) bond motifs is 1. The van der Waals surface area contributed by atoms with Crippen molar-refractivity contribution in [3.8, 4) is 0 Å². The molecule has 16 heavy (non-hydrogen) atoms. The van der Waals surface area contributed by atoms with Crippen LogP contribution in [0, 0.1) is 0 Å². The van der Waals surface area contributed by atoms with Crippen LogP contribution >= 0.6 is 0 Å². The summed E-state index contributed by atoms with van der Waals surface area (Å²) in [5, 5.41) is 3.43. The molecule has 1 aliphatic rings. The van der Waals surface area contributed by atoms with Gasteiger partial charge in [-0.15, -0.1) is 0 Å². The SMILES string of the molecule is CCCN(C)Cc1cccc2c1CCNC2. The van der Waals surface area contributed by atoms with E-state index in [0.717, 1.165) is 19.6 Å². The number of hydrogen-bond donors (Lipinski definition) is 1. The van der Waals surface area contributed by atoms with Gasteiger partial charge in [-0.3, -0.25) is 0 Å². The van der Waals surface area contributed by atoms with E-state index >= 15 is 0 Å². The topological polar surface area (TPSA) is 15.3 Å². The molecule has 0 radical (unpaired) electrons. The molecule has 0 unspecified atom stereocenters. The fourth-order valence-corrected chi connectivity index (χ4v) is 2.51. The van der Waals surface area contributed by atoms with Gasteiger partial charge in [0, 0.05) is 13.1 Å². The van der Waals surface area contributed by atoms with Gasteiger partial charge < -0.3 is 10.2 Å². The van der Waals surface area contributed by atoms with Gasteiger partial charge in [0.05, 0.1) is 0 Å². The maximum atomic E-state index is 3.43. The number of benzene rings is 1. The van der Waals surface area contributed by atoms with Crippen molar-refractivity contribution in [1.82, 2.24) is 10.2 Å². The molecule has 0 atom stereocenters. The molecule has 1 aliphatic heterocycles. The van der Waals surface area contributed by atoms with Gasteiger partial charge in [-0.05, 0) is 49.7 Å². The highest BCUT2D eigenvalue weighted by Crippen LogP contribution is 2.19. The first-order valence-electron chi connectivity index (χ1n) is 6.30. The molecule has 0 saturated heterocycles. The Labute approximate surface area is 98.7 Å². The molecule has 1 heterocycles. The molecule has 0 aliphatic carbocycles. The van der Waals surface area contributed by atoms with Crippen LogP contribution in [0.2, 0.25) is 0 Å². The third-order valence-corrected chi connectivity index (χ3v) is 3.28. The van der Waals surface area contributed by atoms with Crippen LogP contribution in [0.4, 0.5) is 0 Å². The van der Waals surface area contributed by atoms with Gasteiger partial charge in [-0.1, -0.05) is 25.1 Å². The van der Waals surface area contributed by atoms with Gasteiger partial charge in [0.15, 0.2) is 0 Å². The summed E-state index contributed by atoms with van der Waals surface area (Å²) in [6.07, 6.45) is 2.42. The number of nitrogens with one attached hydrogen (secondary N) is 1. The van der Waals surface area contributed by atoms with E-state index in [9.17, 15) is 0 Å². The first-order valence-corrected chi connectivity index (χ1v) is 6.30. The first-order chi connectivity index (χ1) is 7.81. The Balaban J connectivity index is 2.14. The highest BCUT2D eigenvalue weighted by molar-refractivity contribution is 5.36. The van der Waals surface area contributed by atoms with Crippen LogP contribution in [0.3, 0.4) is 0 Å². The molecule has 1 aromatic rings. The molecular formula is C14H22N2. The minimum atomic E-state index is 1.04. The fraction of sp³-hybridized carbons (Fsp3) is 0.571. The molecule has 2 nitrogen and oxygen atoms in total. The molecule has 2 heteroatoms. The second kappa shape index (κ2) is 5.46. The van der Waals surface area contributed by atoms with Crippen LogP contribution in [-0.4, -0.2) is 25.0 Å². The maximum absolute atomic E-state index is 3.43. The molecule has 0 spiro atoms. The zero-order chi connectivity index (χ0) is 11.4. The van der Waals surface area contributed by atoms with Gasteiger partial charge in [0.1, 0.15) is 0 Å². The Hall–Kier alpha value is -0.860. The summed E-state index contributed by atoms with van der Waals surface area (Å²) in [6.45, 7) is 6.68. The van der Waals surface area contributed by atoms with Crippen molar-refractivity contribution >= 4 is 0 Å². The predicted molar refractivity (Wildman–Crippen MR) is 68.5 cm³/mol. The summed E-state index contributed by atoms with van der Waals surface area (Å²) >= 11 is 0. The monoisotopic (exact) mass is 218 g/mol. The van der Waals surface area contributed by atoms with Crippen LogP contribution in [0.15, 0.2) is 18.2 Å². The lowest BCUT2D eigenvalue weighted by Gasteiger charge is -2.23. The third kappa shape index (κ3) is 2.63. The maximum Gasteiger partial charge on any atom is 0.0233 e. The molecule has 0 fully saturated rings. The summed E-state index contributed by atoms with van der Waals surface area (Å²) in [5.74, 6) is 0. The predicted octanol–water partition coefficient (Wildman–Crippen LogP) is 2.17. The highest BCUT2D eigenvalue weighted by atomic mass is 15.1. The largest absolute Gasteiger partial charge is 0.312 e. The average Bonchev–Trinajstić information content (AvgIpc) is 2.30. The number of nitrogens with zero attached hydrogens (tertiary/aromatic N) is 1. The molecule has 2 rings (SSSR count). The van der Waals surface area contributed by atoms with E-state index in [0.29, 0.717) is 0 Å². The Kier molecular flexibility index (Phi) is 3.97. The van der Waals surface area contributed by atoms with Gasteiger partial charge in [0.2, 0.25) is 0 Å². The van der Waals surface area contributed by atoms with Crippen LogP contribution < -0.4 is 5.32 Å². The summed E-state index contributed by atoms with van der Waals surface area (Å²) in [6, 6.07) is 6.74. The minimum Gasteiger partial charge on any atom is -0.312 e. The Bertz CT molecular complexity index is 347. The molecule has 1 aromatic carbocycles. The van der Waals surface area contributed by atoms with Crippen LogP contribution in [0.5, 0.6) is 0 Å². The van der Waals surface area contributed by atoms with Crippen LogP contribution in [-0.2, 0) is 19.5 Å². The fourth-order valence-electron chi connectivity index (χ4n) is 2.51. The van der Waals surface area contributed by atoms with Crippen LogP contribution in [0.25, 0.3) is 0 Å². The second-order valence-electron chi connectivity index (χ2n) is 4.72. The number of rotatable bonds is 4. The van der Waals surface area contributed by atoms with Crippen molar-refractivity contribution in [2.75, 3.05) is 20.1 Å². The van der Waals surface area contributed by atoms with Crippen molar-refractivity contribution in [2.24, 2.45) is 0 Å². The molecule has 0 amide bonds. The van der Waals surface area contributed by atoms with Gasteiger partial charge in [0.25, 0.3) is 0 Å². The first kappa shape index (κ1) is 11.6. The van der Waals surface area contributed by atoms with Crippen molar-refractivity contribution < 1.29 is 0 Å². The normalized spacial score (nSPS) is 15.2. The van der Waals surface area contributed by atoms with E-state index in [1.807, 2.05) is 0 Å². The molecular weight excluding hydrogens is 196 g/mol. The number of hydrogen-bond acceptors (Lipinski definition) is 2. The highest BCUT2D eigenvalue weighted by Gasteiger charge is 2.12. The van der Waals surface area contributed by atoms with E-state index in [4.69, 9.17) is 0 Å². The molecule has 1 N–H and O–H groups in total. The van der Waals surface area contributed by atoms with E-state index in [-0.39, 0.29) is 0 Å². The van der Waals surface area contributed by atoms with E-state index < -0.39 is 0 Å². The lowest BCUT2D eigenvalue weighted by atomic mass is 9.95. The Morgan fingerprint density at radius 3 is 3.06 bits per heavy atom. The standard InChI is InChI=1S/C14H22N2/c1-3-9-16(2)11-13-6-4-5-12-10-15-8-7-14(12)13/h4-6,15H,3,7-11H2,1-2H3. The van der Waals surface area contributed by atoms with Gasteiger partial charge in [-0.25, -0.2) is 0 Å². The van der Waals surface area contributed by atoms with E-state index in [1.165, 1.54) is 30.5 Å². The smallest absolute Gasteiger partial charge is 0.0233 e. The van der Waals surface area contributed by atoms with Gasteiger partial charge >= 0.3 is 0 Å². The third-order valence-electron chi connectivity index (χ3n) is 3.28. The molecule has 0 bridgehead atoms. The summed E-state index contributed by atoms with van der Waals surface area (Å²) < 4.78 is 0. The van der Waals surface area contributed by atoms with Crippen molar-refractivity contribution in [2.45, 2.75) is 32.9 Å². The quantitative estimate of drug-likeness (QED) is 0.833. The van der Waals surface area contributed by atoms with Crippen molar-refractivity contribution in [1.29, 1.82) is 0 Å². The Morgan fingerprint density at radius 2 is 2.25 bits per heavy atom. The second-order valence-corrected chi connectivity index (χ2v) is 4.72.